The van der Waals surface area contributed by atoms with Crippen LogP contribution in [0.25, 0.3) is 0 Å². The first-order valence-corrected chi connectivity index (χ1v) is 9.18. The Kier molecular flexibility index (Phi) is 4.95. The van der Waals surface area contributed by atoms with Crippen molar-refractivity contribution in [1.29, 1.82) is 0 Å². The lowest BCUT2D eigenvalue weighted by Crippen LogP contribution is -2.45. The first kappa shape index (κ1) is 17.3. The molecule has 2 aromatic rings. The number of thioether (sulfide) groups is 1. The van der Waals surface area contributed by atoms with Crippen LogP contribution >= 0.6 is 23.1 Å². The largest absolute Gasteiger partial charge is 0.299 e. The highest BCUT2D eigenvalue weighted by Crippen LogP contribution is 2.27. The summed E-state index contributed by atoms with van der Waals surface area (Å²) in [6.07, 6.45) is 1.74. The third-order valence-corrected chi connectivity index (χ3v) is 5.52. The van der Waals surface area contributed by atoms with E-state index in [0.717, 1.165) is 4.90 Å². The standard InChI is InChI=1S/C16H14N4O3S2/c1-3-8-24-16-19-18-15(25-16)17-12(21)9(2)20-13(22)10-6-4-5-7-11(10)14(20)23/h3-7,9H,1,8H2,2H3,(H,17,18,21)/t9-/m1/s1. The average Bonchev–Trinajstić information content (AvgIpc) is 3.16. The number of imide groups is 1. The molecule has 1 aliphatic heterocycles. The summed E-state index contributed by atoms with van der Waals surface area (Å²) in [7, 11) is 0. The quantitative estimate of drug-likeness (QED) is 0.361. The van der Waals surface area contributed by atoms with Gasteiger partial charge in [-0.25, -0.2) is 0 Å². The molecule has 1 aliphatic rings. The van der Waals surface area contributed by atoms with Crippen LogP contribution in [0.3, 0.4) is 0 Å². The number of nitrogens with zero attached hydrogens (tertiary/aromatic N) is 3. The fourth-order valence-electron chi connectivity index (χ4n) is 2.34. The molecule has 7 nitrogen and oxygen atoms in total. The van der Waals surface area contributed by atoms with Gasteiger partial charge in [0.25, 0.3) is 11.8 Å². The normalized spacial score (nSPS) is 14.4. The van der Waals surface area contributed by atoms with E-state index in [9.17, 15) is 14.4 Å². The smallest absolute Gasteiger partial charge is 0.262 e. The molecule has 0 saturated heterocycles. The Morgan fingerprint density at radius 1 is 1.32 bits per heavy atom. The Morgan fingerprint density at radius 2 is 1.96 bits per heavy atom. The van der Waals surface area contributed by atoms with Gasteiger partial charge >= 0.3 is 0 Å². The van der Waals surface area contributed by atoms with Crippen molar-refractivity contribution in [2.45, 2.75) is 17.3 Å². The molecule has 9 heteroatoms. The summed E-state index contributed by atoms with van der Waals surface area (Å²) in [6.45, 7) is 5.13. The van der Waals surface area contributed by atoms with E-state index >= 15 is 0 Å². The SMILES string of the molecule is C=CCSc1nnc(NC(=O)[C@@H](C)N2C(=O)c3ccccc3C2=O)s1. The molecule has 1 aromatic heterocycles. The summed E-state index contributed by atoms with van der Waals surface area (Å²) >= 11 is 2.67. The lowest BCUT2D eigenvalue weighted by molar-refractivity contribution is -0.119. The van der Waals surface area contributed by atoms with E-state index < -0.39 is 23.8 Å². The summed E-state index contributed by atoms with van der Waals surface area (Å²) in [6, 6.07) is 5.56. The molecule has 1 atom stereocenters. The van der Waals surface area contributed by atoms with Gasteiger partial charge in [0.2, 0.25) is 11.0 Å². The molecule has 25 heavy (non-hydrogen) atoms. The van der Waals surface area contributed by atoms with Crippen LogP contribution in [0, 0.1) is 0 Å². The van der Waals surface area contributed by atoms with Gasteiger partial charge in [0.15, 0.2) is 4.34 Å². The molecule has 3 amide bonds. The molecule has 1 aromatic carbocycles. The highest BCUT2D eigenvalue weighted by atomic mass is 32.2. The first-order chi connectivity index (χ1) is 12.0. The number of hydrogen-bond acceptors (Lipinski definition) is 7. The van der Waals surface area contributed by atoms with E-state index in [4.69, 9.17) is 0 Å². The van der Waals surface area contributed by atoms with E-state index in [1.165, 1.54) is 30.0 Å². The summed E-state index contributed by atoms with van der Waals surface area (Å²) in [5, 5.41) is 10.8. The van der Waals surface area contributed by atoms with Crippen LogP contribution in [0.15, 0.2) is 41.3 Å². The zero-order chi connectivity index (χ0) is 18.0. The number of aromatic nitrogens is 2. The zero-order valence-corrected chi connectivity index (χ0v) is 14.9. The van der Waals surface area contributed by atoms with Gasteiger partial charge in [0.05, 0.1) is 11.1 Å². The topological polar surface area (TPSA) is 92.3 Å². The summed E-state index contributed by atoms with van der Waals surface area (Å²) in [5.41, 5.74) is 0.623. The lowest BCUT2D eigenvalue weighted by Gasteiger charge is -2.20. The summed E-state index contributed by atoms with van der Waals surface area (Å²) < 4.78 is 0.698. The van der Waals surface area contributed by atoms with Gasteiger partial charge in [-0.1, -0.05) is 41.3 Å². The third kappa shape index (κ3) is 3.33. The minimum atomic E-state index is -0.958. The van der Waals surface area contributed by atoms with Crippen molar-refractivity contribution < 1.29 is 14.4 Å². The molecule has 0 spiro atoms. The Bertz CT molecular complexity index is 830. The molecule has 0 aliphatic carbocycles. The number of benzene rings is 1. The van der Waals surface area contributed by atoms with Gasteiger partial charge in [0.1, 0.15) is 6.04 Å². The predicted molar refractivity (Wildman–Crippen MR) is 95.9 cm³/mol. The van der Waals surface area contributed by atoms with Crippen molar-refractivity contribution in [3.63, 3.8) is 0 Å². The monoisotopic (exact) mass is 374 g/mol. The number of carbonyl (C=O) groups excluding carboxylic acids is 3. The van der Waals surface area contributed by atoms with Crippen LogP contribution < -0.4 is 5.32 Å². The van der Waals surface area contributed by atoms with Gasteiger partial charge in [0, 0.05) is 5.75 Å². The average molecular weight is 374 g/mol. The van der Waals surface area contributed by atoms with Gasteiger partial charge in [-0.3, -0.25) is 24.6 Å². The molecule has 0 unspecified atom stereocenters. The fraction of sp³-hybridized carbons (Fsp3) is 0.188. The van der Waals surface area contributed by atoms with E-state index in [0.29, 0.717) is 26.4 Å². The second kappa shape index (κ2) is 7.16. The van der Waals surface area contributed by atoms with Crippen LogP contribution in [0.1, 0.15) is 27.6 Å². The van der Waals surface area contributed by atoms with Crippen molar-refractivity contribution in [1.82, 2.24) is 15.1 Å². The van der Waals surface area contributed by atoms with Gasteiger partial charge in [-0.15, -0.1) is 16.8 Å². The number of fused-ring (bicyclic) bond motifs is 1. The van der Waals surface area contributed by atoms with Crippen LogP contribution in [0.2, 0.25) is 0 Å². The summed E-state index contributed by atoms with van der Waals surface area (Å²) in [5.74, 6) is -0.745. The van der Waals surface area contributed by atoms with Crippen molar-refractivity contribution in [2.24, 2.45) is 0 Å². The van der Waals surface area contributed by atoms with Crippen LogP contribution in [0.4, 0.5) is 5.13 Å². The number of nitrogens with one attached hydrogen (secondary N) is 1. The minimum absolute atomic E-state index is 0.311. The van der Waals surface area contributed by atoms with E-state index in [1.54, 1.807) is 30.3 Å². The molecular weight excluding hydrogens is 360 g/mol. The molecule has 0 saturated carbocycles. The number of rotatable bonds is 6. The van der Waals surface area contributed by atoms with Crippen molar-refractivity contribution in [2.75, 3.05) is 11.1 Å². The van der Waals surface area contributed by atoms with Gasteiger partial charge < -0.3 is 0 Å². The van der Waals surface area contributed by atoms with E-state index in [-0.39, 0.29) is 0 Å². The zero-order valence-electron chi connectivity index (χ0n) is 13.3. The highest BCUT2D eigenvalue weighted by Gasteiger charge is 2.40. The Balaban J connectivity index is 1.71. The molecule has 2 heterocycles. The first-order valence-electron chi connectivity index (χ1n) is 7.38. The molecule has 128 valence electrons. The molecule has 0 radical (unpaired) electrons. The van der Waals surface area contributed by atoms with E-state index in [1.807, 2.05) is 0 Å². The fourth-order valence-corrected chi connectivity index (χ4v) is 3.85. The van der Waals surface area contributed by atoms with Crippen LogP contribution in [-0.2, 0) is 4.79 Å². The minimum Gasteiger partial charge on any atom is -0.299 e. The maximum Gasteiger partial charge on any atom is 0.262 e. The maximum atomic E-state index is 12.4. The Morgan fingerprint density at radius 3 is 2.56 bits per heavy atom. The van der Waals surface area contributed by atoms with Crippen molar-refractivity contribution >= 4 is 46.0 Å². The number of anilines is 1. The van der Waals surface area contributed by atoms with Gasteiger partial charge in [-0.05, 0) is 19.1 Å². The second-order valence-electron chi connectivity index (χ2n) is 5.16. The van der Waals surface area contributed by atoms with Crippen LogP contribution in [0.5, 0.6) is 0 Å². The maximum absolute atomic E-state index is 12.4. The number of hydrogen-bond donors (Lipinski definition) is 1. The van der Waals surface area contributed by atoms with E-state index in [2.05, 4.69) is 22.1 Å². The number of amides is 3. The number of carbonyl (C=O) groups is 3. The molecule has 3 rings (SSSR count). The molecule has 1 N–H and O–H groups in total. The second-order valence-corrected chi connectivity index (χ2v) is 7.41. The highest BCUT2D eigenvalue weighted by molar-refractivity contribution is 8.01. The lowest BCUT2D eigenvalue weighted by atomic mass is 10.1. The Labute approximate surface area is 152 Å². The molecule has 0 bridgehead atoms. The van der Waals surface area contributed by atoms with Crippen molar-refractivity contribution in [3.05, 3.63) is 48.0 Å². The molecular formula is C16H14N4O3S2. The van der Waals surface area contributed by atoms with Crippen LogP contribution in [-0.4, -0.2) is 44.6 Å². The predicted octanol–water partition coefficient (Wildman–Crippen LogP) is 2.44. The Hall–Kier alpha value is -2.52. The third-order valence-electron chi connectivity index (χ3n) is 3.55. The summed E-state index contributed by atoms with van der Waals surface area (Å²) in [4.78, 5) is 38.2. The molecule has 0 fully saturated rings. The van der Waals surface area contributed by atoms with Crippen molar-refractivity contribution in [3.8, 4) is 0 Å². The van der Waals surface area contributed by atoms with Gasteiger partial charge in [-0.2, -0.15) is 0 Å².